The summed E-state index contributed by atoms with van der Waals surface area (Å²) in [6.07, 6.45) is 2.42. The highest BCUT2D eigenvalue weighted by Crippen LogP contribution is 2.28. The summed E-state index contributed by atoms with van der Waals surface area (Å²) in [5.41, 5.74) is 0.574. The van der Waals surface area contributed by atoms with Crippen LogP contribution in [0.3, 0.4) is 0 Å². The van der Waals surface area contributed by atoms with Crippen molar-refractivity contribution in [1.29, 1.82) is 0 Å². The summed E-state index contributed by atoms with van der Waals surface area (Å²) in [4.78, 5) is 27.6. The number of halogens is 2. The van der Waals surface area contributed by atoms with Gasteiger partial charge in [-0.15, -0.1) is 12.4 Å². The molecule has 1 aromatic rings. The van der Waals surface area contributed by atoms with E-state index in [1.54, 1.807) is 24.3 Å². The summed E-state index contributed by atoms with van der Waals surface area (Å²) in [5, 5.41) is 0.595. The lowest BCUT2D eigenvalue weighted by Crippen LogP contribution is -2.51. The molecule has 1 heterocycles. The number of morpholine rings is 1. The lowest BCUT2D eigenvalue weighted by molar-refractivity contribution is -0.131. The maximum absolute atomic E-state index is 12.8. The van der Waals surface area contributed by atoms with E-state index in [0.717, 1.165) is 25.9 Å². The number of carbonyl (C=O) groups is 2. The Bertz CT molecular complexity index is 555. The quantitative estimate of drug-likeness (QED) is 0.616. The van der Waals surface area contributed by atoms with Crippen molar-refractivity contribution >= 4 is 35.6 Å². The van der Waals surface area contributed by atoms with Crippen molar-refractivity contribution < 1.29 is 14.3 Å². The highest BCUT2D eigenvalue weighted by molar-refractivity contribution is 6.30. The summed E-state index contributed by atoms with van der Waals surface area (Å²) >= 11 is 5.86. The number of carbonyl (C=O) groups excluding carboxylic acids is 2. The summed E-state index contributed by atoms with van der Waals surface area (Å²) in [5.74, 6) is -0.504. The molecule has 0 bridgehead atoms. The van der Waals surface area contributed by atoms with E-state index < -0.39 is 5.92 Å². The van der Waals surface area contributed by atoms with Gasteiger partial charge in [0.2, 0.25) is 0 Å². The lowest BCUT2D eigenvalue weighted by Gasteiger charge is -2.37. The second kappa shape index (κ2) is 8.25. The molecule has 0 radical (unpaired) electrons. The van der Waals surface area contributed by atoms with Crippen LogP contribution in [0.4, 0.5) is 0 Å². The number of ether oxygens (including phenoxy) is 1. The Morgan fingerprint density at radius 1 is 1.13 bits per heavy atom. The molecule has 6 heteroatoms. The molecule has 1 saturated heterocycles. The zero-order valence-electron chi connectivity index (χ0n) is 12.9. The molecule has 2 unspecified atom stereocenters. The van der Waals surface area contributed by atoms with Crippen LogP contribution in [-0.2, 0) is 9.53 Å². The molecule has 2 fully saturated rings. The average Bonchev–Trinajstić information content (AvgIpc) is 2.56. The molecule has 3 rings (SSSR count). The first-order valence-corrected chi connectivity index (χ1v) is 8.20. The Hall–Kier alpha value is -0.940. The van der Waals surface area contributed by atoms with E-state index in [1.165, 1.54) is 0 Å². The molecule has 0 aromatic heterocycles. The Balaban J connectivity index is 0.00000192. The van der Waals surface area contributed by atoms with Crippen LogP contribution in [-0.4, -0.2) is 48.8 Å². The van der Waals surface area contributed by atoms with Crippen LogP contribution >= 0.6 is 24.0 Å². The van der Waals surface area contributed by atoms with E-state index in [1.807, 2.05) is 0 Å². The molecule has 1 aromatic carbocycles. The van der Waals surface area contributed by atoms with Crippen LogP contribution < -0.4 is 0 Å². The molecule has 126 valence electrons. The van der Waals surface area contributed by atoms with E-state index in [0.29, 0.717) is 30.2 Å². The summed E-state index contributed by atoms with van der Waals surface area (Å²) in [6.45, 7) is 2.88. The monoisotopic (exact) mass is 357 g/mol. The third-order valence-electron chi connectivity index (χ3n) is 4.57. The first-order chi connectivity index (χ1) is 10.7. The first-order valence-electron chi connectivity index (χ1n) is 7.82. The number of rotatable bonds is 3. The second-order valence-electron chi connectivity index (χ2n) is 5.92. The number of hydrogen-bond donors (Lipinski definition) is 0. The summed E-state index contributed by atoms with van der Waals surface area (Å²) < 4.78 is 5.35. The number of Topliss-reactive ketones (excluding diaryl/α,β-unsaturated/α-hetero) is 2. The van der Waals surface area contributed by atoms with Crippen LogP contribution in [0.25, 0.3) is 0 Å². The highest BCUT2D eigenvalue weighted by Gasteiger charge is 2.39. The lowest BCUT2D eigenvalue weighted by atomic mass is 9.79. The number of hydrogen-bond acceptors (Lipinski definition) is 4. The van der Waals surface area contributed by atoms with Gasteiger partial charge >= 0.3 is 0 Å². The minimum absolute atomic E-state index is 0. The van der Waals surface area contributed by atoms with Crippen LogP contribution in [0.2, 0.25) is 5.02 Å². The fraction of sp³-hybridized carbons (Fsp3) is 0.529. The average molecular weight is 358 g/mol. The van der Waals surface area contributed by atoms with Gasteiger partial charge in [-0.05, 0) is 37.1 Å². The fourth-order valence-electron chi connectivity index (χ4n) is 3.36. The first kappa shape index (κ1) is 18.4. The van der Waals surface area contributed by atoms with Crippen molar-refractivity contribution in [3.63, 3.8) is 0 Å². The molecule has 0 amide bonds. The maximum atomic E-state index is 12.8. The van der Waals surface area contributed by atoms with Crippen molar-refractivity contribution in [2.24, 2.45) is 5.92 Å². The van der Waals surface area contributed by atoms with Gasteiger partial charge in [-0.1, -0.05) is 18.0 Å². The molecular formula is C17H21Cl2NO3. The molecule has 1 aliphatic heterocycles. The van der Waals surface area contributed by atoms with Crippen molar-refractivity contribution in [2.45, 2.75) is 25.3 Å². The van der Waals surface area contributed by atoms with E-state index in [-0.39, 0.29) is 30.0 Å². The number of nitrogens with zero attached hydrogens (tertiary/aromatic N) is 1. The zero-order valence-corrected chi connectivity index (χ0v) is 14.4. The van der Waals surface area contributed by atoms with Crippen molar-refractivity contribution in [2.75, 3.05) is 26.3 Å². The molecular weight excluding hydrogens is 337 g/mol. The van der Waals surface area contributed by atoms with E-state index in [4.69, 9.17) is 16.3 Å². The van der Waals surface area contributed by atoms with Crippen LogP contribution in [0, 0.1) is 5.92 Å². The molecule has 2 atom stereocenters. The Kier molecular flexibility index (Phi) is 6.60. The van der Waals surface area contributed by atoms with E-state index in [2.05, 4.69) is 4.90 Å². The summed E-state index contributed by atoms with van der Waals surface area (Å²) in [6, 6.07) is 6.68. The minimum atomic E-state index is -0.511. The van der Waals surface area contributed by atoms with Crippen LogP contribution in [0.1, 0.15) is 29.6 Å². The van der Waals surface area contributed by atoms with Gasteiger partial charge in [0.15, 0.2) is 11.6 Å². The molecule has 4 nitrogen and oxygen atoms in total. The zero-order chi connectivity index (χ0) is 15.5. The molecule has 2 aliphatic rings. The normalized spacial score (nSPS) is 25.7. The largest absolute Gasteiger partial charge is 0.379 e. The van der Waals surface area contributed by atoms with Gasteiger partial charge in [-0.3, -0.25) is 14.5 Å². The molecule has 0 spiro atoms. The van der Waals surface area contributed by atoms with Gasteiger partial charge in [0.05, 0.1) is 25.2 Å². The Labute approximate surface area is 147 Å². The van der Waals surface area contributed by atoms with Gasteiger partial charge < -0.3 is 4.74 Å². The third kappa shape index (κ3) is 4.13. The third-order valence-corrected chi connectivity index (χ3v) is 4.83. The molecule has 1 aliphatic carbocycles. The predicted octanol–water partition coefficient (Wildman–Crippen LogP) is 3.01. The smallest absolute Gasteiger partial charge is 0.173 e. The van der Waals surface area contributed by atoms with Crippen molar-refractivity contribution in [3.05, 3.63) is 34.9 Å². The predicted molar refractivity (Wildman–Crippen MR) is 91.6 cm³/mol. The molecule has 0 N–H and O–H groups in total. The number of ketones is 2. The van der Waals surface area contributed by atoms with Crippen molar-refractivity contribution in [3.8, 4) is 0 Å². The summed E-state index contributed by atoms with van der Waals surface area (Å²) in [7, 11) is 0. The molecule has 23 heavy (non-hydrogen) atoms. The van der Waals surface area contributed by atoms with Crippen molar-refractivity contribution in [1.82, 2.24) is 4.90 Å². The maximum Gasteiger partial charge on any atom is 0.173 e. The van der Waals surface area contributed by atoms with E-state index in [9.17, 15) is 9.59 Å². The number of benzene rings is 1. The van der Waals surface area contributed by atoms with Gasteiger partial charge in [0.1, 0.15) is 0 Å². The topological polar surface area (TPSA) is 46.6 Å². The standard InChI is InChI=1S/C17H20ClNO3.ClH/c18-13-6-4-12(5-7-13)16(20)14-2-1-3-15(17(14)21)19-8-10-22-11-9-19;/h4-7,14-15H,1-3,8-11H2;1H. The minimum Gasteiger partial charge on any atom is -0.379 e. The SMILES string of the molecule is Cl.O=C(c1ccc(Cl)cc1)C1CCCC(N2CCOCC2)C1=O. The molecule has 1 saturated carbocycles. The van der Waals surface area contributed by atoms with Gasteiger partial charge in [-0.25, -0.2) is 0 Å². The van der Waals surface area contributed by atoms with Gasteiger partial charge in [0.25, 0.3) is 0 Å². The highest BCUT2D eigenvalue weighted by atomic mass is 35.5. The van der Waals surface area contributed by atoms with Gasteiger partial charge in [-0.2, -0.15) is 0 Å². The van der Waals surface area contributed by atoms with E-state index >= 15 is 0 Å². The Morgan fingerprint density at radius 3 is 2.43 bits per heavy atom. The van der Waals surface area contributed by atoms with Crippen LogP contribution in [0.5, 0.6) is 0 Å². The fourth-order valence-corrected chi connectivity index (χ4v) is 3.49. The van der Waals surface area contributed by atoms with Gasteiger partial charge in [0, 0.05) is 23.7 Å². The van der Waals surface area contributed by atoms with Crippen LogP contribution in [0.15, 0.2) is 24.3 Å². The second-order valence-corrected chi connectivity index (χ2v) is 6.36. The Morgan fingerprint density at radius 2 is 1.78 bits per heavy atom.